The fourth-order valence-electron chi connectivity index (χ4n) is 1.91. The maximum absolute atomic E-state index is 4.41. The molecular formula is C12H18N4. The van der Waals surface area contributed by atoms with Crippen LogP contribution in [-0.4, -0.2) is 28.2 Å². The second-order valence-electron chi connectivity index (χ2n) is 3.98. The quantitative estimate of drug-likeness (QED) is 0.788. The first kappa shape index (κ1) is 10.9. The molecule has 0 atom stereocenters. The first-order valence-corrected chi connectivity index (χ1v) is 5.80. The van der Waals surface area contributed by atoms with Gasteiger partial charge in [0.15, 0.2) is 5.65 Å². The molecular weight excluding hydrogens is 200 g/mol. The van der Waals surface area contributed by atoms with Crippen molar-refractivity contribution < 1.29 is 0 Å². The number of nitrogens with zero attached hydrogens (tertiary/aromatic N) is 4. The van der Waals surface area contributed by atoms with Gasteiger partial charge in [-0.1, -0.05) is 13.8 Å². The van der Waals surface area contributed by atoms with Gasteiger partial charge in [-0.05, 0) is 18.9 Å². The molecule has 0 aliphatic heterocycles. The summed E-state index contributed by atoms with van der Waals surface area (Å²) in [7, 11) is 2.09. The van der Waals surface area contributed by atoms with E-state index in [1.807, 2.05) is 23.0 Å². The van der Waals surface area contributed by atoms with Gasteiger partial charge in [-0.15, -0.1) is 0 Å². The van der Waals surface area contributed by atoms with Crippen LogP contribution < -0.4 is 4.90 Å². The Bertz CT molecular complexity index is 475. The van der Waals surface area contributed by atoms with Crippen LogP contribution in [0.1, 0.15) is 25.8 Å². The van der Waals surface area contributed by atoms with Crippen LogP contribution in [0.2, 0.25) is 0 Å². The van der Waals surface area contributed by atoms with Crippen molar-refractivity contribution in [2.24, 2.45) is 0 Å². The van der Waals surface area contributed by atoms with Gasteiger partial charge in [-0.3, -0.25) is 0 Å². The third-order valence-corrected chi connectivity index (χ3v) is 2.79. The van der Waals surface area contributed by atoms with Gasteiger partial charge in [0.05, 0.1) is 6.20 Å². The van der Waals surface area contributed by atoms with E-state index in [0.717, 1.165) is 30.9 Å². The highest BCUT2D eigenvalue weighted by atomic mass is 15.3. The van der Waals surface area contributed by atoms with E-state index in [2.05, 4.69) is 35.9 Å². The molecule has 0 aliphatic rings. The number of fused-ring (bicyclic) bond motifs is 1. The summed E-state index contributed by atoms with van der Waals surface area (Å²) in [5.74, 6) is 1.10. The van der Waals surface area contributed by atoms with Crippen molar-refractivity contribution in [2.45, 2.75) is 26.7 Å². The molecule has 0 fully saturated rings. The Hall–Kier alpha value is -1.58. The summed E-state index contributed by atoms with van der Waals surface area (Å²) in [5.41, 5.74) is 2.18. The first-order valence-electron chi connectivity index (χ1n) is 5.80. The van der Waals surface area contributed by atoms with Crippen molar-refractivity contribution >= 4 is 11.5 Å². The summed E-state index contributed by atoms with van der Waals surface area (Å²) >= 11 is 0. The van der Waals surface area contributed by atoms with Gasteiger partial charge in [0.1, 0.15) is 5.82 Å². The zero-order valence-corrected chi connectivity index (χ0v) is 10.1. The van der Waals surface area contributed by atoms with Crippen LogP contribution in [0.4, 0.5) is 5.82 Å². The fraction of sp³-hybridized carbons (Fsp3) is 0.500. The zero-order chi connectivity index (χ0) is 11.5. The minimum Gasteiger partial charge on any atom is -0.360 e. The predicted octanol–water partition coefficient (Wildman–Crippen LogP) is 2.14. The molecule has 0 bridgehead atoms. The van der Waals surface area contributed by atoms with Crippen molar-refractivity contribution in [3.8, 4) is 0 Å². The van der Waals surface area contributed by atoms with E-state index in [1.54, 1.807) is 0 Å². The van der Waals surface area contributed by atoms with E-state index in [0.29, 0.717) is 0 Å². The average molecular weight is 218 g/mol. The Morgan fingerprint density at radius 3 is 2.88 bits per heavy atom. The van der Waals surface area contributed by atoms with Gasteiger partial charge >= 0.3 is 0 Å². The van der Waals surface area contributed by atoms with Crippen LogP contribution in [0.3, 0.4) is 0 Å². The van der Waals surface area contributed by atoms with E-state index in [1.165, 1.54) is 5.56 Å². The second kappa shape index (κ2) is 4.51. The van der Waals surface area contributed by atoms with E-state index in [-0.39, 0.29) is 0 Å². The number of hydrogen-bond acceptors (Lipinski definition) is 3. The molecule has 0 N–H and O–H groups in total. The molecule has 86 valence electrons. The van der Waals surface area contributed by atoms with E-state index < -0.39 is 0 Å². The zero-order valence-electron chi connectivity index (χ0n) is 10.1. The van der Waals surface area contributed by atoms with Crippen LogP contribution >= 0.6 is 0 Å². The van der Waals surface area contributed by atoms with Crippen molar-refractivity contribution in [3.63, 3.8) is 0 Å². The van der Waals surface area contributed by atoms with Crippen molar-refractivity contribution in [1.29, 1.82) is 0 Å². The summed E-state index contributed by atoms with van der Waals surface area (Å²) in [5, 5.41) is 4.41. The standard InChI is InChI=1S/C12H18N4/c1-4-8-15(3)11-6-7-13-12-10(5-2)9-14-16(11)12/h6-7,9H,4-5,8H2,1-3H3. The molecule has 16 heavy (non-hydrogen) atoms. The lowest BCUT2D eigenvalue weighted by Crippen LogP contribution is -2.21. The Morgan fingerprint density at radius 1 is 1.38 bits per heavy atom. The van der Waals surface area contributed by atoms with Crippen molar-refractivity contribution in [1.82, 2.24) is 14.6 Å². The summed E-state index contributed by atoms with van der Waals surface area (Å²) in [4.78, 5) is 6.60. The van der Waals surface area contributed by atoms with Crippen LogP contribution in [-0.2, 0) is 6.42 Å². The number of aromatic nitrogens is 3. The van der Waals surface area contributed by atoms with Gasteiger partial charge < -0.3 is 4.90 Å². The highest BCUT2D eigenvalue weighted by Crippen LogP contribution is 2.16. The lowest BCUT2D eigenvalue weighted by Gasteiger charge is -2.18. The molecule has 2 aromatic heterocycles. The predicted molar refractivity (Wildman–Crippen MR) is 65.9 cm³/mol. The SMILES string of the molecule is CCCN(C)c1ccnc2c(CC)cnn12. The van der Waals surface area contributed by atoms with Gasteiger partial charge in [-0.25, -0.2) is 4.98 Å². The largest absolute Gasteiger partial charge is 0.360 e. The van der Waals surface area contributed by atoms with Gasteiger partial charge in [0.25, 0.3) is 0 Å². The fourth-order valence-corrected chi connectivity index (χ4v) is 1.91. The van der Waals surface area contributed by atoms with E-state index in [4.69, 9.17) is 0 Å². The molecule has 0 aliphatic carbocycles. The van der Waals surface area contributed by atoms with Crippen molar-refractivity contribution in [3.05, 3.63) is 24.0 Å². The molecule has 2 aromatic rings. The Kier molecular flexibility index (Phi) is 3.08. The topological polar surface area (TPSA) is 33.4 Å². The lowest BCUT2D eigenvalue weighted by atomic mass is 10.3. The molecule has 0 saturated heterocycles. The van der Waals surface area contributed by atoms with Crippen molar-refractivity contribution in [2.75, 3.05) is 18.5 Å². The first-order chi connectivity index (χ1) is 7.77. The normalized spacial score (nSPS) is 10.9. The van der Waals surface area contributed by atoms with Crippen LogP contribution in [0.25, 0.3) is 5.65 Å². The molecule has 4 heteroatoms. The smallest absolute Gasteiger partial charge is 0.160 e. The molecule has 0 saturated carbocycles. The van der Waals surface area contributed by atoms with Crippen LogP contribution in [0.5, 0.6) is 0 Å². The number of hydrogen-bond donors (Lipinski definition) is 0. The second-order valence-corrected chi connectivity index (χ2v) is 3.98. The Morgan fingerprint density at radius 2 is 2.19 bits per heavy atom. The van der Waals surface area contributed by atoms with Crippen LogP contribution in [0, 0.1) is 0 Å². The molecule has 0 spiro atoms. The minimum absolute atomic E-state index is 0.970. The highest BCUT2D eigenvalue weighted by Gasteiger charge is 2.09. The van der Waals surface area contributed by atoms with Crippen LogP contribution in [0.15, 0.2) is 18.5 Å². The number of rotatable bonds is 4. The molecule has 0 aromatic carbocycles. The third kappa shape index (κ3) is 1.75. The summed E-state index contributed by atoms with van der Waals surface area (Å²) in [6.07, 6.45) is 5.86. The molecule has 0 amide bonds. The Labute approximate surface area is 95.9 Å². The van der Waals surface area contributed by atoms with E-state index >= 15 is 0 Å². The maximum atomic E-state index is 4.41. The van der Waals surface area contributed by atoms with Gasteiger partial charge in [-0.2, -0.15) is 9.61 Å². The summed E-state index contributed by atoms with van der Waals surface area (Å²) in [6, 6.07) is 2.01. The average Bonchev–Trinajstić information content (AvgIpc) is 2.71. The molecule has 0 radical (unpaired) electrons. The third-order valence-electron chi connectivity index (χ3n) is 2.79. The summed E-state index contributed by atoms with van der Waals surface area (Å²) in [6.45, 7) is 5.33. The molecule has 4 nitrogen and oxygen atoms in total. The lowest BCUT2D eigenvalue weighted by molar-refractivity contribution is 0.801. The molecule has 2 heterocycles. The maximum Gasteiger partial charge on any atom is 0.160 e. The van der Waals surface area contributed by atoms with E-state index in [9.17, 15) is 0 Å². The Balaban J connectivity index is 2.50. The van der Waals surface area contributed by atoms with Gasteiger partial charge in [0, 0.05) is 25.4 Å². The number of anilines is 1. The molecule has 0 unspecified atom stereocenters. The highest BCUT2D eigenvalue weighted by molar-refractivity contribution is 5.53. The molecule has 2 rings (SSSR count). The summed E-state index contributed by atoms with van der Waals surface area (Å²) < 4.78 is 1.93. The van der Waals surface area contributed by atoms with Gasteiger partial charge in [0.2, 0.25) is 0 Å². The monoisotopic (exact) mass is 218 g/mol. The minimum atomic E-state index is 0.970. The number of aryl methyl sites for hydroxylation is 1.